The van der Waals surface area contributed by atoms with Gasteiger partial charge in [-0.1, -0.05) is 0 Å². The minimum Gasteiger partial charge on any atom is -0.398 e. The van der Waals surface area contributed by atoms with Crippen molar-refractivity contribution in [3.63, 3.8) is 0 Å². The van der Waals surface area contributed by atoms with E-state index in [0.29, 0.717) is 12.5 Å². The average Bonchev–Trinajstić information content (AvgIpc) is 3.20. The van der Waals surface area contributed by atoms with Crippen LogP contribution >= 0.6 is 0 Å². The lowest BCUT2D eigenvalue weighted by molar-refractivity contribution is 0.00578. The molecule has 1 aliphatic carbocycles. The van der Waals surface area contributed by atoms with Gasteiger partial charge in [-0.2, -0.15) is 15.0 Å². The van der Waals surface area contributed by atoms with Crippen LogP contribution in [0.5, 0.6) is 0 Å². The van der Waals surface area contributed by atoms with Crippen LogP contribution in [-0.2, 0) is 14.0 Å². The molecule has 1 unspecified atom stereocenters. The molecular weight excluding hydrogens is 293 g/mol. The molecule has 3 fully saturated rings. The largest absolute Gasteiger partial charge is 0.518 e. The van der Waals surface area contributed by atoms with Crippen LogP contribution in [0.4, 0.5) is 0 Å². The molecule has 2 saturated heterocycles. The summed E-state index contributed by atoms with van der Waals surface area (Å²) >= 11 is 0. The van der Waals surface area contributed by atoms with Gasteiger partial charge in [-0.25, -0.2) is 0 Å². The van der Waals surface area contributed by atoms with Gasteiger partial charge in [-0.15, -0.1) is 0 Å². The molecule has 0 amide bonds. The lowest BCUT2D eigenvalue weighted by Gasteiger charge is -2.32. The Morgan fingerprint density at radius 1 is 1.04 bits per heavy atom. The van der Waals surface area contributed by atoms with Gasteiger partial charge in [-0.3, -0.25) is 0 Å². The molecule has 0 aromatic carbocycles. The van der Waals surface area contributed by atoms with Crippen LogP contribution in [0.15, 0.2) is 0 Å². The summed E-state index contributed by atoms with van der Waals surface area (Å²) in [5.74, 6) is 0.516. The maximum absolute atomic E-state index is 6.20. The van der Waals surface area contributed by atoms with Crippen LogP contribution in [0.2, 0.25) is 0 Å². The highest BCUT2D eigenvalue weighted by Crippen LogP contribution is 2.41. The minimum absolute atomic E-state index is 0.234. The highest BCUT2D eigenvalue weighted by atomic mass is 16.7. The first-order chi connectivity index (χ1) is 10.9. The van der Waals surface area contributed by atoms with Gasteiger partial charge in [0, 0.05) is 12.5 Å². The zero-order valence-electron chi connectivity index (χ0n) is 14.5. The molecule has 6 nitrogen and oxygen atoms in total. The number of rotatable bonds is 3. The second-order valence-electron chi connectivity index (χ2n) is 8.02. The maximum atomic E-state index is 6.20. The molecule has 0 spiro atoms. The van der Waals surface area contributed by atoms with Gasteiger partial charge in [-0.05, 0) is 53.4 Å². The summed E-state index contributed by atoms with van der Waals surface area (Å²) in [5, 5.41) is 9.59. The Balaban J connectivity index is 1.64. The number of ether oxygens (including phenoxy) is 1. The molecule has 0 N–H and O–H groups in total. The smallest absolute Gasteiger partial charge is 0.398 e. The summed E-state index contributed by atoms with van der Waals surface area (Å²) in [7, 11) is -0.422. The van der Waals surface area contributed by atoms with Gasteiger partial charge in [0.2, 0.25) is 0 Å². The van der Waals surface area contributed by atoms with E-state index < -0.39 is 7.12 Å². The van der Waals surface area contributed by atoms with Crippen molar-refractivity contribution >= 4 is 12.7 Å². The summed E-state index contributed by atoms with van der Waals surface area (Å²) < 4.78 is 18.0. The average molecular weight is 319 g/mol. The van der Waals surface area contributed by atoms with E-state index in [1.807, 2.05) is 4.80 Å². The third-order valence-electron chi connectivity index (χ3n) is 5.59. The van der Waals surface area contributed by atoms with Crippen molar-refractivity contribution in [3.05, 3.63) is 5.69 Å². The zero-order chi connectivity index (χ0) is 16.2. The molecule has 1 aromatic heterocycles. The molecule has 126 valence electrons. The van der Waals surface area contributed by atoms with E-state index >= 15 is 0 Å². The van der Waals surface area contributed by atoms with E-state index in [-0.39, 0.29) is 17.2 Å². The normalized spacial score (nSPS) is 29.9. The van der Waals surface area contributed by atoms with E-state index in [1.54, 1.807) is 0 Å². The first-order valence-corrected chi connectivity index (χ1v) is 8.77. The summed E-state index contributed by atoms with van der Waals surface area (Å²) in [4.78, 5) is 1.85. The first kappa shape index (κ1) is 15.6. The fourth-order valence-electron chi connectivity index (χ4n) is 3.18. The molecule has 0 bridgehead atoms. The van der Waals surface area contributed by atoms with Crippen LogP contribution < -0.4 is 5.59 Å². The number of nitrogens with zero attached hydrogens (tertiary/aromatic N) is 3. The predicted octanol–water partition coefficient (Wildman–Crippen LogP) is 1.81. The SMILES string of the molecule is CC1(C)OB(c2nn(C3CCCOC3)nc2C2CC2)OC1(C)C. The molecule has 2 aliphatic heterocycles. The molecule has 3 aliphatic rings. The molecule has 1 atom stereocenters. The molecule has 23 heavy (non-hydrogen) atoms. The maximum Gasteiger partial charge on any atom is 0.518 e. The summed E-state index contributed by atoms with van der Waals surface area (Å²) in [5.41, 5.74) is 1.23. The lowest BCUT2D eigenvalue weighted by Crippen LogP contribution is -2.41. The van der Waals surface area contributed by atoms with Crippen molar-refractivity contribution in [1.29, 1.82) is 0 Å². The van der Waals surface area contributed by atoms with Crippen LogP contribution in [0.1, 0.15) is 71.0 Å². The lowest BCUT2D eigenvalue weighted by atomic mass is 9.82. The second-order valence-corrected chi connectivity index (χ2v) is 8.02. The molecular formula is C16H26BN3O3. The Kier molecular flexibility index (Phi) is 3.59. The van der Waals surface area contributed by atoms with Crippen molar-refractivity contribution in [2.45, 2.75) is 76.5 Å². The van der Waals surface area contributed by atoms with Crippen molar-refractivity contribution < 1.29 is 14.0 Å². The topological polar surface area (TPSA) is 58.4 Å². The van der Waals surface area contributed by atoms with Gasteiger partial charge < -0.3 is 14.0 Å². The fourth-order valence-corrected chi connectivity index (χ4v) is 3.18. The Labute approximate surface area is 138 Å². The standard InChI is InChI=1S/C16H26BN3O3/c1-15(2)16(3,4)23-17(22-15)14-13(11-7-8-11)18-20(19-14)12-6-5-9-21-10-12/h11-12H,5-10H2,1-4H3. The Morgan fingerprint density at radius 3 is 2.30 bits per heavy atom. The molecule has 1 saturated carbocycles. The quantitative estimate of drug-likeness (QED) is 0.795. The van der Waals surface area contributed by atoms with Crippen LogP contribution in [0, 0.1) is 0 Å². The molecule has 1 aromatic rings. The van der Waals surface area contributed by atoms with Gasteiger partial charge in [0.1, 0.15) is 5.59 Å². The van der Waals surface area contributed by atoms with Gasteiger partial charge in [0.15, 0.2) is 0 Å². The van der Waals surface area contributed by atoms with Crippen molar-refractivity contribution in [2.75, 3.05) is 13.2 Å². The van der Waals surface area contributed by atoms with E-state index in [4.69, 9.17) is 24.2 Å². The van der Waals surface area contributed by atoms with Crippen molar-refractivity contribution in [1.82, 2.24) is 15.0 Å². The third-order valence-corrected chi connectivity index (χ3v) is 5.59. The van der Waals surface area contributed by atoms with E-state index in [9.17, 15) is 0 Å². The third kappa shape index (κ3) is 2.73. The van der Waals surface area contributed by atoms with Crippen LogP contribution in [0.3, 0.4) is 0 Å². The summed E-state index contributed by atoms with van der Waals surface area (Å²) in [6.07, 6.45) is 4.51. The molecule has 7 heteroatoms. The van der Waals surface area contributed by atoms with Gasteiger partial charge in [0.05, 0.1) is 29.5 Å². The van der Waals surface area contributed by atoms with E-state index in [1.165, 1.54) is 12.8 Å². The van der Waals surface area contributed by atoms with E-state index in [0.717, 1.165) is 30.7 Å². The number of hydrogen-bond donors (Lipinski definition) is 0. The number of aromatic nitrogens is 3. The molecule has 4 rings (SSSR count). The Hall–Kier alpha value is -0.915. The van der Waals surface area contributed by atoms with Crippen LogP contribution in [0.25, 0.3) is 0 Å². The van der Waals surface area contributed by atoms with Gasteiger partial charge in [0.25, 0.3) is 0 Å². The predicted molar refractivity (Wildman–Crippen MR) is 86.8 cm³/mol. The summed E-state index contributed by atoms with van der Waals surface area (Å²) in [6, 6.07) is 0.234. The van der Waals surface area contributed by atoms with Crippen LogP contribution in [-0.4, -0.2) is 46.5 Å². The highest BCUT2D eigenvalue weighted by molar-refractivity contribution is 6.61. The fraction of sp³-hybridized carbons (Fsp3) is 0.875. The van der Waals surface area contributed by atoms with E-state index in [2.05, 4.69) is 27.7 Å². The number of hydrogen-bond acceptors (Lipinski definition) is 5. The second kappa shape index (κ2) is 5.29. The van der Waals surface area contributed by atoms with Crippen molar-refractivity contribution in [3.8, 4) is 0 Å². The molecule has 3 heterocycles. The Bertz CT molecular complexity index is 575. The zero-order valence-corrected chi connectivity index (χ0v) is 14.5. The Morgan fingerprint density at radius 2 is 1.74 bits per heavy atom. The minimum atomic E-state index is -0.422. The van der Waals surface area contributed by atoms with Crippen molar-refractivity contribution in [2.24, 2.45) is 0 Å². The molecule has 0 radical (unpaired) electrons. The van der Waals surface area contributed by atoms with Gasteiger partial charge >= 0.3 is 7.12 Å². The first-order valence-electron chi connectivity index (χ1n) is 8.77. The highest BCUT2D eigenvalue weighted by Gasteiger charge is 2.54. The monoisotopic (exact) mass is 319 g/mol. The summed E-state index contributed by atoms with van der Waals surface area (Å²) in [6.45, 7) is 9.83.